The lowest BCUT2D eigenvalue weighted by molar-refractivity contribution is 0.0710. The standard InChI is InChI=1S/C22H24N4O2/c1-28-20-4-2-19(3-5-20)22(27)25-13-8-18(9-14-25)21-24-12-15-26(21)16-17-6-10-23-11-7-17/h2-7,10-12,15,18H,8-9,13-14,16H2,1H3. The van der Waals surface area contributed by atoms with Gasteiger partial charge in [-0.05, 0) is 54.8 Å². The van der Waals surface area contributed by atoms with Crippen LogP contribution in [0.1, 0.15) is 40.5 Å². The van der Waals surface area contributed by atoms with Crippen LogP contribution in [0.2, 0.25) is 0 Å². The number of ether oxygens (including phenoxy) is 1. The van der Waals surface area contributed by atoms with Crippen molar-refractivity contribution in [3.63, 3.8) is 0 Å². The van der Waals surface area contributed by atoms with Crippen molar-refractivity contribution in [2.75, 3.05) is 20.2 Å². The predicted octanol–water partition coefficient (Wildman–Crippen LogP) is 3.35. The van der Waals surface area contributed by atoms with E-state index in [4.69, 9.17) is 4.74 Å². The van der Waals surface area contributed by atoms with Crippen LogP contribution < -0.4 is 4.74 Å². The van der Waals surface area contributed by atoms with Crippen LogP contribution in [0, 0.1) is 0 Å². The zero-order chi connectivity index (χ0) is 19.3. The third kappa shape index (κ3) is 3.91. The quantitative estimate of drug-likeness (QED) is 0.685. The minimum Gasteiger partial charge on any atom is -0.497 e. The third-order valence-electron chi connectivity index (χ3n) is 5.33. The lowest BCUT2D eigenvalue weighted by Gasteiger charge is -2.32. The maximum Gasteiger partial charge on any atom is 0.253 e. The van der Waals surface area contributed by atoms with Gasteiger partial charge in [0.1, 0.15) is 11.6 Å². The van der Waals surface area contributed by atoms with Crippen LogP contribution in [0.3, 0.4) is 0 Å². The van der Waals surface area contributed by atoms with Gasteiger partial charge < -0.3 is 14.2 Å². The van der Waals surface area contributed by atoms with Gasteiger partial charge in [0.05, 0.1) is 7.11 Å². The van der Waals surface area contributed by atoms with Crippen LogP contribution >= 0.6 is 0 Å². The monoisotopic (exact) mass is 376 g/mol. The summed E-state index contributed by atoms with van der Waals surface area (Å²) in [6.07, 6.45) is 9.38. The molecular formula is C22H24N4O2. The Kier molecular flexibility index (Phi) is 5.37. The van der Waals surface area contributed by atoms with Crippen LogP contribution in [-0.4, -0.2) is 45.5 Å². The molecule has 1 amide bonds. The average Bonchev–Trinajstić information content (AvgIpc) is 3.22. The van der Waals surface area contributed by atoms with E-state index in [0.717, 1.165) is 44.0 Å². The van der Waals surface area contributed by atoms with Gasteiger partial charge in [-0.25, -0.2) is 4.98 Å². The Bertz CT molecular complexity index is 913. The van der Waals surface area contributed by atoms with Crippen molar-refractivity contribution in [2.45, 2.75) is 25.3 Å². The second kappa shape index (κ2) is 8.25. The van der Waals surface area contributed by atoms with Crippen molar-refractivity contribution in [2.24, 2.45) is 0 Å². The number of amides is 1. The summed E-state index contributed by atoms with van der Waals surface area (Å²) < 4.78 is 7.38. The summed E-state index contributed by atoms with van der Waals surface area (Å²) in [5.74, 6) is 2.32. The molecule has 0 N–H and O–H groups in total. The Hall–Kier alpha value is -3.15. The van der Waals surface area contributed by atoms with Crippen LogP contribution in [0.15, 0.2) is 61.2 Å². The fourth-order valence-corrected chi connectivity index (χ4v) is 3.76. The topological polar surface area (TPSA) is 60.2 Å². The van der Waals surface area contributed by atoms with Gasteiger partial charge in [0.25, 0.3) is 5.91 Å². The second-order valence-electron chi connectivity index (χ2n) is 7.06. The number of likely N-dealkylation sites (tertiary alicyclic amines) is 1. The summed E-state index contributed by atoms with van der Waals surface area (Å²) in [6, 6.07) is 11.4. The molecule has 0 radical (unpaired) electrons. The fourth-order valence-electron chi connectivity index (χ4n) is 3.76. The molecular weight excluding hydrogens is 352 g/mol. The molecule has 1 saturated heterocycles. The van der Waals surface area contributed by atoms with E-state index < -0.39 is 0 Å². The molecule has 1 aliphatic heterocycles. The summed E-state index contributed by atoms with van der Waals surface area (Å²) in [5, 5.41) is 0. The number of methoxy groups -OCH3 is 1. The summed E-state index contributed by atoms with van der Waals surface area (Å²) in [7, 11) is 1.63. The molecule has 0 bridgehead atoms. The van der Waals surface area contributed by atoms with E-state index in [1.54, 1.807) is 7.11 Å². The van der Waals surface area contributed by atoms with Gasteiger partial charge in [0.2, 0.25) is 0 Å². The molecule has 6 heteroatoms. The number of hydrogen-bond acceptors (Lipinski definition) is 4. The molecule has 0 spiro atoms. The molecule has 3 heterocycles. The second-order valence-corrected chi connectivity index (χ2v) is 7.06. The van der Waals surface area contributed by atoms with E-state index in [2.05, 4.69) is 14.5 Å². The van der Waals surface area contributed by atoms with Crippen molar-refractivity contribution >= 4 is 5.91 Å². The molecule has 144 valence electrons. The van der Waals surface area contributed by atoms with E-state index >= 15 is 0 Å². The summed E-state index contributed by atoms with van der Waals surface area (Å²) >= 11 is 0. The number of benzene rings is 1. The number of rotatable bonds is 5. The first-order valence-electron chi connectivity index (χ1n) is 9.58. The summed E-state index contributed by atoms with van der Waals surface area (Å²) in [5.41, 5.74) is 1.92. The Labute approximate surface area is 164 Å². The molecule has 0 atom stereocenters. The lowest BCUT2D eigenvalue weighted by Crippen LogP contribution is -2.38. The van der Waals surface area contributed by atoms with Gasteiger partial charge in [-0.2, -0.15) is 0 Å². The number of nitrogens with zero attached hydrogens (tertiary/aromatic N) is 4. The summed E-state index contributed by atoms with van der Waals surface area (Å²) in [6.45, 7) is 2.29. The zero-order valence-corrected chi connectivity index (χ0v) is 16.0. The number of hydrogen-bond donors (Lipinski definition) is 0. The van der Waals surface area contributed by atoms with Crippen LogP contribution in [0.5, 0.6) is 5.75 Å². The number of piperidine rings is 1. The maximum absolute atomic E-state index is 12.8. The Morgan fingerprint density at radius 3 is 2.46 bits per heavy atom. The molecule has 1 fully saturated rings. The molecule has 0 aliphatic carbocycles. The van der Waals surface area contributed by atoms with Crippen LogP contribution in [0.4, 0.5) is 0 Å². The summed E-state index contributed by atoms with van der Waals surface area (Å²) in [4.78, 5) is 23.4. The molecule has 6 nitrogen and oxygen atoms in total. The van der Waals surface area contributed by atoms with Crippen molar-refractivity contribution < 1.29 is 9.53 Å². The third-order valence-corrected chi connectivity index (χ3v) is 5.33. The van der Waals surface area contributed by atoms with Gasteiger partial charge in [0, 0.05) is 55.9 Å². The van der Waals surface area contributed by atoms with Gasteiger partial charge in [-0.15, -0.1) is 0 Å². The first-order valence-corrected chi connectivity index (χ1v) is 9.58. The van der Waals surface area contributed by atoms with Crippen molar-refractivity contribution in [3.8, 4) is 5.75 Å². The van der Waals surface area contributed by atoms with Crippen molar-refractivity contribution in [3.05, 3.63) is 78.1 Å². The number of pyridine rings is 1. The SMILES string of the molecule is COc1ccc(C(=O)N2CCC(c3nccn3Cc3ccncc3)CC2)cc1. The number of imidazole rings is 1. The lowest BCUT2D eigenvalue weighted by atomic mass is 9.95. The molecule has 1 aromatic carbocycles. The molecule has 3 aromatic rings. The zero-order valence-electron chi connectivity index (χ0n) is 16.0. The molecule has 4 rings (SSSR count). The normalized spacial score (nSPS) is 14.8. The van der Waals surface area contributed by atoms with Crippen molar-refractivity contribution in [1.29, 1.82) is 0 Å². The molecule has 1 aliphatic rings. The number of carbonyl (C=O) groups is 1. The first-order chi connectivity index (χ1) is 13.7. The van der Waals surface area contributed by atoms with Crippen LogP contribution in [0.25, 0.3) is 0 Å². The molecule has 0 saturated carbocycles. The van der Waals surface area contributed by atoms with E-state index in [9.17, 15) is 4.79 Å². The number of aromatic nitrogens is 3. The highest BCUT2D eigenvalue weighted by Gasteiger charge is 2.27. The van der Waals surface area contributed by atoms with E-state index in [1.807, 2.05) is 66.1 Å². The van der Waals surface area contributed by atoms with E-state index in [0.29, 0.717) is 11.5 Å². The molecule has 0 unspecified atom stereocenters. The smallest absolute Gasteiger partial charge is 0.253 e. The molecule has 2 aromatic heterocycles. The minimum atomic E-state index is 0.0845. The van der Waals surface area contributed by atoms with E-state index in [1.165, 1.54) is 5.56 Å². The molecule has 28 heavy (non-hydrogen) atoms. The first kappa shape index (κ1) is 18.2. The highest BCUT2D eigenvalue weighted by atomic mass is 16.5. The highest BCUT2D eigenvalue weighted by Crippen LogP contribution is 2.28. The van der Waals surface area contributed by atoms with Crippen LogP contribution in [-0.2, 0) is 6.54 Å². The van der Waals surface area contributed by atoms with E-state index in [-0.39, 0.29) is 5.91 Å². The number of carbonyl (C=O) groups excluding carboxylic acids is 1. The average molecular weight is 376 g/mol. The minimum absolute atomic E-state index is 0.0845. The van der Waals surface area contributed by atoms with Gasteiger partial charge >= 0.3 is 0 Å². The Balaban J connectivity index is 1.39. The largest absolute Gasteiger partial charge is 0.497 e. The maximum atomic E-state index is 12.8. The van der Waals surface area contributed by atoms with Gasteiger partial charge in [0.15, 0.2) is 0 Å². The Morgan fingerprint density at radius 2 is 1.79 bits per heavy atom. The fraction of sp³-hybridized carbons (Fsp3) is 0.318. The van der Waals surface area contributed by atoms with Gasteiger partial charge in [-0.3, -0.25) is 9.78 Å². The van der Waals surface area contributed by atoms with Gasteiger partial charge in [-0.1, -0.05) is 0 Å². The predicted molar refractivity (Wildman–Crippen MR) is 106 cm³/mol. The highest BCUT2D eigenvalue weighted by molar-refractivity contribution is 5.94. The van der Waals surface area contributed by atoms with Crippen molar-refractivity contribution in [1.82, 2.24) is 19.4 Å². The Morgan fingerprint density at radius 1 is 1.07 bits per heavy atom.